The molecule has 0 atom stereocenters. The molecule has 2 rings (SSSR count). The molecule has 0 saturated carbocycles. The number of rotatable bonds is 4. The van der Waals surface area contributed by atoms with Crippen molar-refractivity contribution in [3.8, 4) is 11.3 Å². The lowest BCUT2D eigenvalue weighted by Gasteiger charge is -2.09. The Bertz CT molecular complexity index is 562. The van der Waals surface area contributed by atoms with Crippen LogP contribution in [0.25, 0.3) is 11.3 Å². The van der Waals surface area contributed by atoms with Gasteiger partial charge in [-0.1, -0.05) is 45.4 Å². The lowest BCUT2D eigenvalue weighted by molar-refractivity contribution is 0.778. The highest BCUT2D eigenvalue weighted by atomic mass is 14.9. The molecule has 100 valence electrons. The molecule has 19 heavy (non-hydrogen) atoms. The van der Waals surface area contributed by atoms with Crippen molar-refractivity contribution in [1.82, 2.24) is 9.97 Å². The van der Waals surface area contributed by atoms with Crippen LogP contribution in [0.5, 0.6) is 0 Å². The first-order valence-electron chi connectivity index (χ1n) is 6.84. The van der Waals surface area contributed by atoms with Crippen LogP contribution in [0.4, 0.5) is 5.82 Å². The molecule has 3 nitrogen and oxygen atoms in total. The number of benzene rings is 1. The van der Waals surface area contributed by atoms with Crippen LogP contribution < -0.4 is 5.73 Å². The fourth-order valence-electron chi connectivity index (χ4n) is 2.07. The molecule has 0 unspecified atom stereocenters. The van der Waals surface area contributed by atoms with E-state index in [1.807, 2.05) is 6.07 Å². The zero-order chi connectivity index (χ0) is 13.8. The third-order valence-electron chi connectivity index (χ3n) is 3.04. The van der Waals surface area contributed by atoms with Crippen molar-refractivity contribution in [2.24, 2.45) is 0 Å². The van der Waals surface area contributed by atoms with E-state index >= 15 is 0 Å². The van der Waals surface area contributed by atoms with E-state index in [0.717, 1.165) is 29.9 Å². The predicted molar refractivity (Wildman–Crippen MR) is 80.0 cm³/mol. The topological polar surface area (TPSA) is 51.8 Å². The molecule has 0 saturated heterocycles. The normalized spacial score (nSPS) is 10.9. The standard InChI is InChI=1S/C16H21N3/c1-4-6-12-7-5-8-13(9-12)14-10-15(17)19-16(18-14)11(2)3/h5,7-11H,4,6H2,1-3H3,(H2,17,18,19). The average molecular weight is 255 g/mol. The third kappa shape index (κ3) is 3.31. The van der Waals surface area contributed by atoms with Crippen molar-refractivity contribution >= 4 is 5.82 Å². The molecule has 1 aromatic carbocycles. The van der Waals surface area contributed by atoms with Crippen LogP contribution in [0.15, 0.2) is 30.3 Å². The van der Waals surface area contributed by atoms with Gasteiger partial charge in [0.25, 0.3) is 0 Å². The Labute approximate surface area is 114 Å². The van der Waals surface area contributed by atoms with Crippen LogP contribution >= 0.6 is 0 Å². The van der Waals surface area contributed by atoms with Crippen molar-refractivity contribution < 1.29 is 0 Å². The summed E-state index contributed by atoms with van der Waals surface area (Å²) >= 11 is 0. The summed E-state index contributed by atoms with van der Waals surface area (Å²) in [6, 6.07) is 10.3. The van der Waals surface area contributed by atoms with Crippen molar-refractivity contribution in [3.05, 3.63) is 41.7 Å². The minimum absolute atomic E-state index is 0.279. The predicted octanol–water partition coefficient (Wildman–Crippen LogP) is 3.80. The molecule has 2 N–H and O–H groups in total. The van der Waals surface area contributed by atoms with Gasteiger partial charge in [0.05, 0.1) is 5.69 Å². The van der Waals surface area contributed by atoms with E-state index in [1.165, 1.54) is 5.56 Å². The van der Waals surface area contributed by atoms with Gasteiger partial charge in [-0.15, -0.1) is 0 Å². The van der Waals surface area contributed by atoms with E-state index in [0.29, 0.717) is 5.82 Å². The molecule has 1 aromatic heterocycles. The van der Waals surface area contributed by atoms with Crippen molar-refractivity contribution in [2.45, 2.75) is 39.5 Å². The molecular weight excluding hydrogens is 234 g/mol. The Morgan fingerprint density at radius 3 is 2.63 bits per heavy atom. The Kier molecular flexibility index (Phi) is 4.15. The number of anilines is 1. The average Bonchev–Trinajstić information content (AvgIpc) is 2.38. The highest BCUT2D eigenvalue weighted by molar-refractivity contribution is 5.62. The van der Waals surface area contributed by atoms with Gasteiger partial charge >= 0.3 is 0 Å². The van der Waals surface area contributed by atoms with Crippen LogP contribution in [-0.2, 0) is 6.42 Å². The minimum atomic E-state index is 0.279. The number of hydrogen-bond acceptors (Lipinski definition) is 3. The molecule has 0 amide bonds. The van der Waals surface area contributed by atoms with Gasteiger partial charge in [-0.25, -0.2) is 9.97 Å². The number of nitrogen functional groups attached to an aromatic ring is 1. The van der Waals surface area contributed by atoms with Gasteiger partial charge in [0.1, 0.15) is 11.6 Å². The first-order chi connectivity index (χ1) is 9.10. The highest BCUT2D eigenvalue weighted by Gasteiger charge is 2.08. The molecular formula is C16H21N3. The van der Waals surface area contributed by atoms with Crippen LogP contribution in [-0.4, -0.2) is 9.97 Å². The number of aryl methyl sites for hydroxylation is 1. The summed E-state index contributed by atoms with van der Waals surface area (Å²) in [6.45, 7) is 6.34. The molecule has 3 heteroatoms. The second-order valence-electron chi connectivity index (χ2n) is 5.14. The van der Waals surface area contributed by atoms with E-state index < -0.39 is 0 Å². The largest absolute Gasteiger partial charge is 0.384 e. The van der Waals surface area contributed by atoms with Gasteiger partial charge in [-0.2, -0.15) is 0 Å². The van der Waals surface area contributed by atoms with Crippen LogP contribution in [0.1, 0.15) is 44.5 Å². The number of nitrogens with zero attached hydrogens (tertiary/aromatic N) is 2. The molecule has 0 fully saturated rings. The molecule has 2 aromatic rings. The first-order valence-corrected chi connectivity index (χ1v) is 6.84. The second-order valence-corrected chi connectivity index (χ2v) is 5.14. The summed E-state index contributed by atoms with van der Waals surface area (Å²) in [4.78, 5) is 8.90. The summed E-state index contributed by atoms with van der Waals surface area (Å²) in [6.07, 6.45) is 2.23. The van der Waals surface area contributed by atoms with E-state index in [2.05, 4.69) is 55.0 Å². The minimum Gasteiger partial charge on any atom is -0.384 e. The molecule has 0 aliphatic rings. The zero-order valence-corrected chi connectivity index (χ0v) is 11.9. The highest BCUT2D eigenvalue weighted by Crippen LogP contribution is 2.22. The molecule has 0 aliphatic carbocycles. The molecule has 0 radical (unpaired) electrons. The Morgan fingerprint density at radius 2 is 1.95 bits per heavy atom. The zero-order valence-electron chi connectivity index (χ0n) is 11.9. The monoisotopic (exact) mass is 255 g/mol. The third-order valence-corrected chi connectivity index (χ3v) is 3.04. The van der Waals surface area contributed by atoms with Crippen LogP contribution in [0, 0.1) is 0 Å². The van der Waals surface area contributed by atoms with E-state index in [9.17, 15) is 0 Å². The van der Waals surface area contributed by atoms with E-state index in [1.54, 1.807) is 0 Å². The Morgan fingerprint density at radius 1 is 1.16 bits per heavy atom. The van der Waals surface area contributed by atoms with E-state index in [-0.39, 0.29) is 5.92 Å². The summed E-state index contributed by atoms with van der Waals surface area (Å²) in [5.74, 6) is 1.62. The SMILES string of the molecule is CCCc1cccc(-c2cc(N)nc(C(C)C)n2)c1. The van der Waals surface area contributed by atoms with Crippen molar-refractivity contribution in [1.29, 1.82) is 0 Å². The summed E-state index contributed by atoms with van der Waals surface area (Å²) in [7, 11) is 0. The van der Waals surface area contributed by atoms with Gasteiger partial charge in [-0.3, -0.25) is 0 Å². The molecule has 0 bridgehead atoms. The van der Waals surface area contributed by atoms with Gasteiger partial charge < -0.3 is 5.73 Å². The Hall–Kier alpha value is -1.90. The fourth-order valence-corrected chi connectivity index (χ4v) is 2.07. The van der Waals surface area contributed by atoms with Crippen LogP contribution in [0.2, 0.25) is 0 Å². The summed E-state index contributed by atoms with van der Waals surface area (Å²) in [5, 5.41) is 0. The number of aromatic nitrogens is 2. The quantitative estimate of drug-likeness (QED) is 0.904. The first kappa shape index (κ1) is 13.5. The van der Waals surface area contributed by atoms with E-state index in [4.69, 9.17) is 5.73 Å². The molecule has 1 heterocycles. The maximum absolute atomic E-state index is 5.88. The maximum atomic E-state index is 5.88. The van der Waals surface area contributed by atoms with Gasteiger partial charge in [0.15, 0.2) is 0 Å². The number of hydrogen-bond donors (Lipinski definition) is 1. The van der Waals surface area contributed by atoms with Crippen molar-refractivity contribution in [3.63, 3.8) is 0 Å². The lowest BCUT2D eigenvalue weighted by atomic mass is 10.0. The Balaban J connectivity index is 2.43. The summed E-state index contributed by atoms with van der Waals surface area (Å²) in [5.41, 5.74) is 9.24. The van der Waals surface area contributed by atoms with Crippen molar-refractivity contribution in [2.75, 3.05) is 5.73 Å². The molecule has 0 spiro atoms. The van der Waals surface area contributed by atoms with Gasteiger partial charge in [-0.05, 0) is 18.1 Å². The fraction of sp³-hybridized carbons (Fsp3) is 0.375. The van der Waals surface area contributed by atoms with Gasteiger partial charge in [0, 0.05) is 17.5 Å². The molecule has 0 aliphatic heterocycles. The van der Waals surface area contributed by atoms with Crippen LogP contribution in [0.3, 0.4) is 0 Å². The van der Waals surface area contributed by atoms with Gasteiger partial charge in [0.2, 0.25) is 0 Å². The lowest BCUT2D eigenvalue weighted by Crippen LogP contribution is -2.03. The second kappa shape index (κ2) is 5.83. The maximum Gasteiger partial charge on any atom is 0.133 e. The summed E-state index contributed by atoms with van der Waals surface area (Å²) < 4.78 is 0. The number of nitrogens with two attached hydrogens (primary N) is 1. The smallest absolute Gasteiger partial charge is 0.133 e.